The number of hydrogen-bond donors (Lipinski definition) is 1. The van der Waals surface area contributed by atoms with Crippen molar-refractivity contribution in [1.82, 2.24) is 9.88 Å². The molecule has 1 aromatic carbocycles. The lowest BCUT2D eigenvalue weighted by molar-refractivity contribution is -0.384. The second kappa shape index (κ2) is 6.12. The fourth-order valence-electron chi connectivity index (χ4n) is 1.99. The monoisotopic (exact) mass is 272 g/mol. The molecule has 0 fully saturated rings. The van der Waals surface area contributed by atoms with Crippen LogP contribution >= 0.6 is 0 Å². The molecule has 0 amide bonds. The predicted molar refractivity (Wildman–Crippen MR) is 76.9 cm³/mol. The average Bonchev–Trinajstić information content (AvgIpc) is 2.42. The van der Waals surface area contributed by atoms with Gasteiger partial charge < -0.3 is 5.73 Å². The van der Waals surface area contributed by atoms with E-state index in [0.717, 1.165) is 11.1 Å². The van der Waals surface area contributed by atoms with Gasteiger partial charge in [0.2, 0.25) is 0 Å². The lowest BCUT2D eigenvalue weighted by Gasteiger charge is -2.17. The molecule has 104 valence electrons. The lowest BCUT2D eigenvalue weighted by atomic mass is 10.1. The first-order valence-electron chi connectivity index (χ1n) is 6.16. The Hall–Kier alpha value is -2.47. The Kier molecular flexibility index (Phi) is 4.27. The van der Waals surface area contributed by atoms with E-state index in [1.807, 2.05) is 24.1 Å². The van der Waals surface area contributed by atoms with Gasteiger partial charge in [-0.15, -0.1) is 0 Å². The minimum atomic E-state index is -0.413. The Morgan fingerprint density at radius 1 is 1.35 bits per heavy atom. The third-order valence-corrected chi connectivity index (χ3v) is 2.95. The molecule has 6 heteroatoms. The Balaban J connectivity index is 2.09. The van der Waals surface area contributed by atoms with Crippen LogP contribution in [0, 0.1) is 10.1 Å². The van der Waals surface area contributed by atoms with E-state index < -0.39 is 4.92 Å². The number of nitrogen functional groups attached to an aromatic ring is 1. The van der Waals surface area contributed by atoms with E-state index in [4.69, 9.17) is 5.73 Å². The molecule has 1 heterocycles. The van der Waals surface area contributed by atoms with Gasteiger partial charge in [0, 0.05) is 43.3 Å². The first-order chi connectivity index (χ1) is 9.56. The van der Waals surface area contributed by atoms with Crippen LogP contribution in [0.3, 0.4) is 0 Å². The van der Waals surface area contributed by atoms with Crippen LogP contribution in [-0.2, 0) is 13.1 Å². The maximum Gasteiger partial charge on any atom is 0.269 e. The number of anilines is 1. The van der Waals surface area contributed by atoms with Gasteiger partial charge in [0.25, 0.3) is 5.69 Å². The molecule has 6 nitrogen and oxygen atoms in total. The van der Waals surface area contributed by atoms with Crippen LogP contribution < -0.4 is 5.73 Å². The van der Waals surface area contributed by atoms with Crippen LogP contribution in [0.25, 0.3) is 0 Å². The number of benzene rings is 1. The van der Waals surface area contributed by atoms with Crippen LogP contribution in [0.15, 0.2) is 42.7 Å². The third-order valence-electron chi connectivity index (χ3n) is 2.95. The topological polar surface area (TPSA) is 85.3 Å². The number of rotatable bonds is 5. The normalized spacial score (nSPS) is 10.7. The van der Waals surface area contributed by atoms with Crippen molar-refractivity contribution in [3.05, 3.63) is 64.0 Å². The van der Waals surface area contributed by atoms with Gasteiger partial charge in [-0.1, -0.05) is 6.07 Å². The zero-order chi connectivity index (χ0) is 14.5. The van der Waals surface area contributed by atoms with Gasteiger partial charge >= 0.3 is 0 Å². The van der Waals surface area contributed by atoms with E-state index in [2.05, 4.69) is 4.98 Å². The highest BCUT2D eigenvalue weighted by Gasteiger charge is 2.11. The summed E-state index contributed by atoms with van der Waals surface area (Å²) in [4.78, 5) is 16.5. The zero-order valence-corrected chi connectivity index (χ0v) is 11.2. The number of nitrogens with two attached hydrogens (primary N) is 1. The SMILES string of the molecule is CN(Cc1cccnc1)Cc1cc([N+](=O)[O-])ccc1N. The standard InChI is InChI=1S/C14H16N4O2/c1-17(9-11-3-2-6-16-8-11)10-12-7-13(18(19)20)4-5-14(12)15/h2-8H,9-10,15H2,1H3. The fraction of sp³-hybridized carbons (Fsp3) is 0.214. The van der Waals surface area contributed by atoms with Gasteiger partial charge in [0.1, 0.15) is 0 Å². The van der Waals surface area contributed by atoms with Gasteiger partial charge in [0.15, 0.2) is 0 Å². The average molecular weight is 272 g/mol. The van der Waals surface area contributed by atoms with Crippen molar-refractivity contribution < 1.29 is 4.92 Å². The van der Waals surface area contributed by atoms with Gasteiger partial charge in [-0.2, -0.15) is 0 Å². The molecule has 0 radical (unpaired) electrons. The van der Waals surface area contributed by atoms with Gasteiger partial charge in [-0.05, 0) is 30.3 Å². The van der Waals surface area contributed by atoms with Crippen molar-refractivity contribution in [3.63, 3.8) is 0 Å². The molecular formula is C14H16N4O2. The van der Waals surface area contributed by atoms with Crippen LogP contribution in [0.2, 0.25) is 0 Å². The number of non-ortho nitro benzene ring substituents is 1. The molecule has 2 N–H and O–H groups in total. The highest BCUT2D eigenvalue weighted by Crippen LogP contribution is 2.21. The molecule has 2 rings (SSSR count). The second-order valence-corrected chi connectivity index (χ2v) is 4.67. The molecule has 1 aromatic heterocycles. The number of nitro benzene ring substituents is 1. The molecule has 0 aliphatic heterocycles. The minimum absolute atomic E-state index is 0.0592. The summed E-state index contributed by atoms with van der Waals surface area (Å²) >= 11 is 0. The van der Waals surface area contributed by atoms with Crippen molar-refractivity contribution in [2.75, 3.05) is 12.8 Å². The fourth-order valence-corrected chi connectivity index (χ4v) is 1.99. The first-order valence-corrected chi connectivity index (χ1v) is 6.16. The Bertz CT molecular complexity index is 601. The number of pyridine rings is 1. The largest absolute Gasteiger partial charge is 0.398 e. The van der Waals surface area contributed by atoms with Crippen LogP contribution in [0.5, 0.6) is 0 Å². The minimum Gasteiger partial charge on any atom is -0.398 e. The molecule has 0 saturated heterocycles. The highest BCUT2D eigenvalue weighted by atomic mass is 16.6. The van der Waals surface area contributed by atoms with E-state index in [9.17, 15) is 10.1 Å². The van der Waals surface area contributed by atoms with Gasteiger partial charge in [-0.25, -0.2) is 0 Å². The van der Waals surface area contributed by atoms with Crippen molar-refractivity contribution in [3.8, 4) is 0 Å². The Labute approximate surface area is 117 Å². The zero-order valence-electron chi connectivity index (χ0n) is 11.2. The van der Waals surface area contributed by atoms with Crippen molar-refractivity contribution >= 4 is 11.4 Å². The molecule has 2 aromatic rings. The molecule has 0 atom stereocenters. The molecule has 0 saturated carbocycles. The highest BCUT2D eigenvalue weighted by molar-refractivity contribution is 5.52. The lowest BCUT2D eigenvalue weighted by Crippen LogP contribution is -2.18. The van der Waals surface area contributed by atoms with E-state index >= 15 is 0 Å². The second-order valence-electron chi connectivity index (χ2n) is 4.67. The maximum absolute atomic E-state index is 10.8. The summed E-state index contributed by atoms with van der Waals surface area (Å²) in [5.41, 5.74) is 8.33. The molecule has 0 spiro atoms. The molecule has 0 aliphatic carbocycles. The summed E-state index contributed by atoms with van der Waals surface area (Å²) in [7, 11) is 1.94. The molecule has 0 aliphatic rings. The van der Waals surface area contributed by atoms with Crippen molar-refractivity contribution in [2.45, 2.75) is 13.1 Å². The van der Waals surface area contributed by atoms with E-state index in [-0.39, 0.29) is 5.69 Å². The van der Waals surface area contributed by atoms with Gasteiger partial charge in [0.05, 0.1) is 4.92 Å². The summed E-state index contributed by atoms with van der Waals surface area (Å²) in [6, 6.07) is 8.38. The number of nitrogens with zero attached hydrogens (tertiary/aromatic N) is 3. The number of aromatic nitrogens is 1. The summed E-state index contributed by atoms with van der Waals surface area (Å²) in [6.45, 7) is 1.25. The summed E-state index contributed by atoms with van der Waals surface area (Å²) in [6.07, 6.45) is 3.52. The maximum atomic E-state index is 10.8. The molecular weight excluding hydrogens is 256 g/mol. The van der Waals surface area contributed by atoms with E-state index in [0.29, 0.717) is 18.8 Å². The summed E-state index contributed by atoms with van der Waals surface area (Å²) in [5.74, 6) is 0. The quantitative estimate of drug-likeness (QED) is 0.512. The van der Waals surface area contributed by atoms with Gasteiger partial charge in [-0.3, -0.25) is 20.0 Å². The summed E-state index contributed by atoms with van der Waals surface area (Å²) in [5, 5.41) is 10.8. The van der Waals surface area contributed by atoms with Crippen LogP contribution in [0.1, 0.15) is 11.1 Å². The number of hydrogen-bond acceptors (Lipinski definition) is 5. The molecule has 0 unspecified atom stereocenters. The first kappa shape index (κ1) is 14.0. The van der Waals surface area contributed by atoms with Crippen LogP contribution in [0.4, 0.5) is 11.4 Å². The third kappa shape index (κ3) is 3.52. The predicted octanol–water partition coefficient (Wildman–Crippen LogP) is 2.20. The van der Waals surface area contributed by atoms with Crippen molar-refractivity contribution in [2.24, 2.45) is 0 Å². The Morgan fingerprint density at radius 3 is 2.80 bits per heavy atom. The molecule has 0 bridgehead atoms. The van der Waals surface area contributed by atoms with E-state index in [1.54, 1.807) is 18.5 Å². The Morgan fingerprint density at radius 2 is 2.15 bits per heavy atom. The van der Waals surface area contributed by atoms with Crippen LogP contribution in [-0.4, -0.2) is 21.9 Å². The van der Waals surface area contributed by atoms with Crippen molar-refractivity contribution in [1.29, 1.82) is 0 Å². The molecule has 20 heavy (non-hydrogen) atoms. The summed E-state index contributed by atoms with van der Waals surface area (Å²) < 4.78 is 0. The van der Waals surface area contributed by atoms with E-state index in [1.165, 1.54) is 12.1 Å². The number of nitro groups is 1. The smallest absolute Gasteiger partial charge is 0.269 e.